The van der Waals surface area contributed by atoms with Crippen LogP contribution in [0.5, 0.6) is 0 Å². The third kappa shape index (κ3) is 4.57. The van der Waals surface area contributed by atoms with Crippen molar-refractivity contribution < 1.29 is 4.79 Å². The molecule has 0 heterocycles. The number of hydrogen-bond acceptors (Lipinski definition) is 1. The van der Waals surface area contributed by atoms with Crippen molar-refractivity contribution in [3.63, 3.8) is 0 Å². The first-order valence-corrected chi connectivity index (χ1v) is 6.40. The molecule has 94 valence electrons. The lowest BCUT2D eigenvalue weighted by Crippen LogP contribution is -2.27. The molecule has 1 aromatic carbocycles. The van der Waals surface area contributed by atoms with Crippen molar-refractivity contribution in [3.05, 3.63) is 33.8 Å². The molecule has 1 rings (SSSR count). The Morgan fingerprint density at radius 3 is 2.41 bits per heavy atom. The van der Waals surface area contributed by atoms with Crippen molar-refractivity contribution in [3.8, 4) is 0 Å². The standard InChI is InChI=1S/C13H17Cl2NO/c1-8(2)6-13(17)16-9(3)10-4-5-11(14)12(15)7-10/h4-5,7-9H,6H2,1-3H3,(H,16,17). The van der Waals surface area contributed by atoms with E-state index in [1.165, 1.54) is 0 Å². The van der Waals surface area contributed by atoms with Gasteiger partial charge in [-0.1, -0.05) is 43.1 Å². The molecule has 1 unspecified atom stereocenters. The fourth-order valence-electron chi connectivity index (χ4n) is 1.54. The lowest BCUT2D eigenvalue weighted by molar-refractivity contribution is -0.122. The SMILES string of the molecule is CC(C)CC(=O)NC(C)c1ccc(Cl)c(Cl)c1. The van der Waals surface area contributed by atoms with Gasteiger partial charge in [-0.2, -0.15) is 0 Å². The normalized spacial score (nSPS) is 12.6. The van der Waals surface area contributed by atoms with Crippen LogP contribution in [0.1, 0.15) is 38.8 Å². The zero-order chi connectivity index (χ0) is 13.0. The molecule has 17 heavy (non-hydrogen) atoms. The van der Waals surface area contributed by atoms with Crippen LogP contribution in [0.15, 0.2) is 18.2 Å². The van der Waals surface area contributed by atoms with E-state index in [4.69, 9.17) is 23.2 Å². The number of amides is 1. The molecule has 0 aliphatic rings. The van der Waals surface area contributed by atoms with Gasteiger partial charge in [0.25, 0.3) is 0 Å². The van der Waals surface area contributed by atoms with Crippen LogP contribution in [0.4, 0.5) is 0 Å². The first kappa shape index (κ1) is 14.3. The molecular weight excluding hydrogens is 257 g/mol. The topological polar surface area (TPSA) is 29.1 Å². The molecule has 0 saturated heterocycles. The Balaban J connectivity index is 2.66. The van der Waals surface area contributed by atoms with Crippen molar-refractivity contribution in [2.75, 3.05) is 0 Å². The molecule has 0 aromatic heterocycles. The van der Waals surface area contributed by atoms with Crippen molar-refractivity contribution in [1.82, 2.24) is 5.32 Å². The first-order valence-electron chi connectivity index (χ1n) is 5.64. The molecule has 1 amide bonds. The predicted molar refractivity (Wildman–Crippen MR) is 72.5 cm³/mol. The maximum atomic E-state index is 11.6. The third-order valence-electron chi connectivity index (χ3n) is 2.41. The Hall–Kier alpha value is -0.730. The Labute approximate surface area is 112 Å². The maximum Gasteiger partial charge on any atom is 0.220 e. The lowest BCUT2D eigenvalue weighted by atomic mass is 10.1. The van der Waals surface area contributed by atoms with Crippen molar-refractivity contribution in [1.29, 1.82) is 0 Å². The van der Waals surface area contributed by atoms with Crippen LogP contribution in [-0.2, 0) is 4.79 Å². The van der Waals surface area contributed by atoms with Crippen molar-refractivity contribution in [2.45, 2.75) is 33.2 Å². The maximum absolute atomic E-state index is 11.6. The van der Waals surface area contributed by atoms with Gasteiger partial charge < -0.3 is 5.32 Å². The number of carbonyl (C=O) groups excluding carboxylic acids is 1. The summed E-state index contributed by atoms with van der Waals surface area (Å²) < 4.78 is 0. The third-order valence-corrected chi connectivity index (χ3v) is 3.15. The van der Waals surface area contributed by atoms with E-state index in [9.17, 15) is 4.79 Å². The van der Waals surface area contributed by atoms with Gasteiger partial charge in [0.05, 0.1) is 16.1 Å². The van der Waals surface area contributed by atoms with Crippen LogP contribution in [0.2, 0.25) is 10.0 Å². The number of rotatable bonds is 4. The van der Waals surface area contributed by atoms with Crippen LogP contribution >= 0.6 is 23.2 Å². The van der Waals surface area contributed by atoms with E-state index in [0.717, 1.165) is 5.56 Å². The molecule has 0 spiro atoms. The molecular formula is C13H17Cl2NO. The minimum atomic E-state index is -0.0592. The van der Waals surface area contributed by atoms with Gasteiger partial charge in [-0.05, 0) is 30.5 Å². The molecule has 0 aliphatic heterocycles. The molecule has 0 bridgehead atoms. The van der Waals surface area contributed by atoms with Gasteiger partial charge in [0, 0.05) is 6.42 Å². The minimum Gasteiger partial charge on any atom is -0.350 e. The van der Waals surface area contributed by atoms with Crippen LogP contribution in [0, 0.1) is 5.92 Å². The second-order valence-electron chi connectivity index (χ2n) is 4.56. The molecule has 0 radical (unpaired) electrons. The summed E-state index contributed by atoms with van der Waals surface area (Å²) in [7, 11) is 0. The number of hydrogen-bond donors (Lipinski definition) is 1. The van der Waals surface area contributed by atoms with Gasteiger partial charge in [0.1, 0.15) is 0 Å². The predicted octanol–water partition coefficient (Wildman–Crippen LogP) is 4.22. The van der Waals surface area contributed by atoms with Crippen LogP contribution in [-0.4, -0.2) is 5.91 Å². The molecule has 1 aromatic rings. The molecule has 1 N–H and O–H groups in total. The van der Waals surface area contributed by atoms with E-state index in [1.807, 2.05) is 26.8 Å². The second-order valence-corrected chi connectivity index (χ2v) is 5.38. The molecule has 4 heteroatoms. The summed E-state index contributed by atoms with van der Waals surface area (Å²) in [6, 6.07) is 5.33. The molecule has 0 aliphatic carbocycles. The zero-order valence-electron chi connectivity index (χ0n) is 10.3. The van der Waals surface area contributed by atoms with Crippen LogP contribution in [0.25, 0.3) is 0 Å². The molecule has 2 nitrogen and oxygen atoms in total. The number of halogens is 2. The molecule has 1 atom stereocenters. The number of carbonyl (C=O) groups is 1. The van der Waals surface area contributed by atoms with Crippen LogP contribution in [0.3, 0.4) is 0 Å². The first-order chi connectivity index (χ1) is 7.90. The Morgan fingerprint density at radius 1 is 1.24 bits per heavy atom. The highest BCUT2D eigenvalue weighted by Crippen LogP contribution is 2.25. The lowest BCUT2D eigenvalue weighted by Gasteiger charge is -2.15. The summed E-state index contributed by atoms with van der Waals surface area (Å²) >= 11 is 11.8. The highest BCUT2D eigenvalue weighted by atomic mass is 35.5. The quantitative estimate of drug-likeness (QED) is 0.875. The second kappa shape index (κ2) is 6.27. The minimum absolute atomic E-state index is 0.0542. The summed E-state index contributed by atoms with van der Waals surface area (Å²) in [4.78, 5) is 11.6. The Bertz CT molecular complexity index is 404. The summed E-state index contributed by atoms with van der Waals surface area (Å²) in [6.07, 6.45) is 0.533. The summed E-state index contributed by atoms with van der Waals surface area (Å²) in [5, 5.41) is 3.97. The summed E-state index contributed by atoms with van der Waals surface area (Å²) in [5.74, 6) is 0.412. The van der Waals surface area contributed by atoms with Crippen LogP contribution < -0.4 is 5.32 Å². The van der Waals surface area contributed by atoms with Gasteiger partial charge in [-0.3, -0.25) is 4.79 Å². The van der Waals surface area contributed by atoms with Gasteiger partial charge in [-0.25, -0.2) is 0 Å². The highest BCUT2D eigenvalue weighted by Gasteiger charge is 2.11. The average Bonchev–Trinajstić information content (AvgIpc) is 2.20. The van der Waals surface area contributed by atoms with Gasteiger partial charge in [0.2, 0.25) is 5.91 Å². The van der Waals surface area contributed by atoms with Gasteiger partial charge in [0.15, 0.2) is 0 Å². The Morgan fingerprint density at radius 2 is 1.88 bits per heavy atom. The Kier molecular flexibility index (Phi) is 5.29. The van der Waals surface area contributed by atoms with Crippen molar-refractivity contribution >= 4 is 29.1 Å². The van der Waals surface area contributed by atoms with E-state index >= 15 is 0 Å². The van der Waals surface area contributed by atoms with E-state index in [0.29, 0.717) is 22.4 Å². The smallest absolute Gasteiger partial charge is 0.220 e. The van der Waals surface area contributed by atoms with E-state index in [1.54, 1.807) is 12.1 Å². The summed E-state index contributed by atoms with van der Waals surface area (Å²) in [6.45, 7) is 5.96. The van der Waals surface area contributed by atoms with E-state index in [2.05, 4.69) is 5.32 Å². The molecule has 0 saturated carbocycles. The van der Waals surface area contributed by atoms with Gasteiger partial charge in [-0.15, -0.1) is 0 Å². The number of benzene rings is 1. The van der Waals surface area contributed by atoms with E-state index in [-0.39, 0.29) is 11.9 Å². The monoisotopic (exact) mass is 273 g/mol. The average molecular weight is 274 g/mol. The van der Waals surface area contributed by atoms with Crippen molar-refractivity contribution in [2.24, 2.45) is 5.92 Å². The fraction of sp³-hybridized carbons (Fsp3) is 0.462. The number of nitrogens with one attached hydrogen (secondary N) is 1. The highest BCUT2D eigenvalue weighted by molar-refractivity contribution is 6.42. The molecule has 0 fully saturated rings. The van der Waals surface area contributed by atoms with Gasteiger partial charge >= 0.3 is 0 Å². The summed E-state index contributed by atoms with van der Waals surface area (Å²) in [5.41, 5.74) is 0.955. The van der Waals surface area contributed by atoms with E-state index < -0.39 is 0 Å². The zero-order valence-corrected chi connectivity index (χ0v) is 11.8. The largest absolute Gasteiger partial charge is 0.350 e. The fourth-order valence-corrected chi connectivity index (χ4v) is 1.84.